The average Bonchev–Trinajstić information content (AvgIpc) is 3.54. The van der Waals surface area contributed by atoms with Crippen molar-refractivity contribution >= 4 is 29.5 Å². The number of rotatable bonds is 4. The van der Waals surface area contributed by atoms with Crippen LogP contribution in [0.3, 0.4) is 0 Å². The normalized spacial score (nSPS) is 18.4. The molecule has 2 amide bonds. The molecule has 1 unspecified atom stereocenters. The lowest BCUT2D eigenvalue weighted by Gasteiger charge is -2.35. The third-order valence-electron chi connectivity index (χ3n) is 6.89. The molecule has 0 spiro atoms. The third kappa shape index (κ3) is 5.86. The van der Waals surface area contributed by atoms with Crippen LogP contribution in [0.15, 0.2) is 42.7 Å². The molecule has 2 aromatic heterocycles. The van der Waals surface area contributed by atoms with Gasteiger partial charge in [-0.05, 0) is 64.0 Å². The van der Waals surface area contributed by atoms with Gasteiger partial charge in [0.15, 0.2) is 5.65 Å². The van der Waals surface area contributed by atoms with Crippen molar-refractivity contribution in [3.8, 4) is 0 Å². The lowest BCUT2D eigenvalue weighted by atomic mass is 10.0. The summed E-state index contributed by atoms with van der Waals surface area (Å²) < 4.78 is 35.4. The van der Waals surface area contributed by atoms with E-state index in [1.807, 2.05) is 25.7 Å². The van der Waals surface area contributed by atoms with Crippen LogP contribution in [0.2, 0.25) is 0 Å². The number of halogens is 2. The molecule has 2 saturated heterocycles. The maximum absolute atomic E-state index is 14.5. The fourth-order valence-electron chi connectivity index (χ4n) is 4.99. The lowest BCUT2D eigenvalue weighted by Crippen LogP contribution is -2.51. The van der Waals surface area contributed by atoms with E-state index in [0.717, 1.165) is 18.6 Å². The van der Waals surface area contributed by atoms with E-state index in [0.29, 0.717) is 61.7 Å². The summed E-state index contributed by atoms with van der Waals surface area (Å²) in [6.07, 6.45) is 7.70. The van der Waals surface area contributed by atoms with Gasteiger partial charge in [-0.3, -0.25) is 4.79 Å². The number of benzene rings is 1. The monoisotopic (exact) mass is 538 g/mol. The summed E-state index contributed by atoms with van der Waals surface area (Å²) in [6.45, 7) is 7.75. The number of carbonyl (C=O) groups is 2. The SMILES string of the molecule is CC(C)(C)OC(=O)N1CCN(C(=O)/C=C/c2cnn3ccc(N4CCCC4c4cc(F)ccc4F)nc23)CC1. The quantitative estimate of drug-likeness (QED) is 0.457. The Bertz CT molecular complexity index is 1410. The van der Waals surface area contributed by atoms with Crippen molar-refractivity contribution in [3.63, 3.8) is 0 Å². The number of carbonyl (C=O) groups excluding carboxylic acids is 2. The van der Waals surface area contributed by atoms with Crippen molar-refractivity contribution < 1.29 is 23.1 Å². The van der Waals surface area contributed by atoms with E-state index in [2.05, 4.69) is 5.10 Å². The molecule has 1 aromatic carbocycles. The van der Waals surface area contributed by atoms with E-state index in [1.165, 1.54) is 12.1 Å². The van der Waals surface area contributed by atoms with Gasteiger partial charge in [0.2, 0.25) is 5.91 Å². The van der Waals surface area contributed by atoms with Gasteiger partial charge in [0.1, 0.15) is 23.1 Å². The first-order chi connectivity index (χ1) is 18.6. The van der Waals surface area contributed by atoms with Crippen molar-refractivity contribution in [1.82, 2.24) is 24.4 Å². The Morgan fingerprint density at radius 1 is 1.05 bits per heavy atom. The summed E-state index contributed by atoms with van der Waals surface area (Å²) in [4.78, 5) is 35.2. The first-order valence-electron chi connectivity index (χ1n) is 13.1. The lowest BCUT2D eigenvalue weighted by molar-refractivity contribution is -0.127. The van der Waals surface area contributed by atoms with Gasteiger partial charge in [0.05, 0.1) is 12.2 Å². The van der Waals surface area contributed by atoms with Crippen LogP contribution in [0.5, 0.6) is 0 Å². The summed E-state index contributed by atoms with van der Waals surface area (Å²) in [5, 5.41) is 4.33. The zero-order chi connectivity index (χ0) is 27.7. The minimum Gasteiger partial charge on any atom is -0.444 e. The Balaban J connectivity index is 1.28. The van der Waals surface area contributed by atoms with Gasteiger partial charge in [0, 0.05) is 56.1 Å². The number of ether oxygens (including phenoxy) is 1. The summed E-state index contributed by atoms with van der Waals surface area (Å²) in [5.41, 5.74) is 0.961. The Morgan fingerprint density at radius 2 is 1.79 bits per heavy atom. The Labute approximate surface area is 225 Å². The number of hydrogen-bond acceptors (Lipinski definition) is 6. The number of nitrogens with zero attached hydrogens (tertiary/aromatic N) is 6. The molecule has 1 atom stereocenters. The van der Waals surface area contributed by atoms with Crippen molar-refractivity contribution in [2.45, 2.75) is 45.3 Å². The van der Waals surface area contributed by atoms with E-state index in [-0.39, 0.29) is 18.0 Å². The van der Waals surface area contributed by atoms with Crippen LogP contribution < -0.4 is 4.90 Å². The molecule has 2 aliphatic heterocycles. The molecular formula is C28H32F2N6O3. The molecule has 2 aliphatic rings. The highest BCUT2D eigenvalue weighted by atomic mass is 19.1. The maximum Gasteiger partial charge on any atom is 0.410 e. The molecule has 0 aliphatic carbocycles. The number of anilines is 1. The summed E-state index contributed by atoms with van der Waals surface area (Å²) in [5.74, 6) is -0.447. The largest absolute Gasteiger partial charge is 0.444 e. The first-order valence-corrected chi connectivity index (χ1v) is 13.1. The van der Waals surface area contributed by atoms with Crippen molar-refractivity contribution in [2.75, 3.05) is 37.6 Å². The number of aromatic nitrogens is 3. The first kappa shape index (κ1) is 26.6. The highest BCUT2D eigenvalue weighted by Crippen LogP contribution is 2.37. The van der Waals surface area contributed by atoms with E-state index in [1.54, 1.807) is 38.9 Å². The number of amides is 2. The van der Waals surface area contributed by atoms with Crippen LogP contribution in [0.25, 0.3) is 11.7 Å². The van der Waals surface area contributed by atoms with Crippen LogP contribution in [0, 0.1) is 11.6 Å². The van der Waals surface area contributed by atoms with Crippen LogP contribution >= 0.6 is 0 Å². The molecule has 11 heteroatoms. The molecule has 0 bridgehead atoms. The predicted octanol–water partition coefficient (Wildman–Crippen LogP) is 4.44. The molecule has 39 heavy (non-hydrogen) atoms. The minimum atomic E-state index is -0.569. The second-order valence-electron chi connectivity index (χ2n) is 10.8. The van der Waals surface area contributed by atoms with Gasteiger partial charge in [-0.15, -0.1) is 0 Å². The number of piperazine rings is 1. The fourth-order valence-corrected chi connectivity index (χ4v) is 4.99. The van der Waals surface area contributed by atoms with Gasteiger partial charge in [0.25, 0.3) is 0 Å². The summed E-state index contributed by atoms with van der Waals surface area (Å²) >= 11 is 0. The summed E-state index contributed by atoms with van der Waals surface area (Å²) in [7, 11) is 0. The van der Waals surface area contributed by atoms with Gasteiger partial charge < -0.3 is 19.4 Å². The minimum absolute atomic E-state index is 0.171. The zero-order valence-corrected chi connectivity index (χ0v) is 22.3. The number of hydrogen-bond donors (Lipinski definition) is 0. The smallest absolute Gasteiger partial charge is 0.410 e. The molecular weight excluding hydrogens is 506 g/mol. The molecule has 4 heterocycles. The average molecular weight is 539 g/mol. The Hall–Kier alpha value is -4.02. The van der Waals surface area contributed by atoms with Gasteiger partial charge in [-0.2, -0.15) is 5.10 Å². The maximum atomic E-state index is 14.5. The Morgan fingerprint density at radius 3 is 2.54 bits per heavy atom. The van der Waals surface area contributed by atoms with Crippen LogP contribution in [-0.2, 0) is 9.53 Å². The van der Waals surface area contributed by atoms with Gasteiger partial charge in [-0.25, -0.2) is 23.1 Å². The van der Waals surface area contributed by atoms with E-state index >= 15 is 0 Å². The molecule has 0 radical (unpaired) electrons. The van der Waals surface area contributed by atoms with Crippen molar-refractivity contribution in [1.29, 1.82) is 0 Å². The topological polar surface area (TPSA) is 83.3 Å². The van der Waals surface area contributed by atoms with E-state index < -0.39 is 17.2 Å². The van der Waals surface area contributed by atoms with E-state index in [9.17, 15) is 18.4 Å². The van der Waals surface area contributed by atoms with Crippen LogP contribution in [0.1, 0.15) is 50.8 Å². The molecule has 206 valence electrons. The summed E-state index contributed by atoms with van der Waals surface area (Å²) in [6, 6.07) is 5.02. The predicted molar refractivity (Wildman–Crippen MR) is 142 cm³/mol. The van der Waals surface area contributed by atoms with Crippen LogP contribution in [-0.4, -0.2) is 74.7 Å². The van der Waals surface area contributed by atoms with E-state index in [4.69, 9.17) is 9.72 Å². The molecule has 3 aromatic rings. The highest BCUT2D eigenvalue weighted by molar-refractivity contribution is 5.93. The number of fused-ring (bicyclic) bond motifs is 1. The zero-order valence-electron chi connectivity index (χ0n) is 22.3. The molecule has 0 saturated carbocycles. The Kier molecular flexibility index (Phi) is 7.24. The molecule has 0 N–H and O–H groups in total. The standard InChI is InChI=1S/C28H32F2N6O3/c1-28(2,3)39-27(38)34-15-13-33(14-16-34)25(37)9-6-19-18-31-36-12-10-24(32-26(19)36)35-11-4-5-23(35)21-17-20(29)7-8-22(21)30/h6-10,12,17-18,23H,4-5,11,13-16H2,1-3H3/b9-6+. The van der Waals surface area contributed by atoms with Crippen molar-refractivity contribution in [3.05, 3.63) is 65.5 Å². The molecule has 5 rings (SSSR count). The molecule has 9 nitrogen and oxygen atoms in total. The second kappa shape index (κ2) is 10.6. The second-order valence-corrected chi connectivity index (χ2v) is 10.8. The van der Waals surface area contributed by atoms with Crippen LogP contribution in [0.4, 0.5) is 19.4 Å². The fraction of sp³-hybridized carbons (Fsp3) is 0.429. The third-order valence-corrected chi connectivity index (χ3v) is 6.89. The van der Waals surface area contributed by atoms with Gasteiger partial charge in [-0.1, -0.05) is 0 Å². The van der Waals surface area contributed by atoms with Crippen molar-refractivity contribution in [2.24, 2.45) is 0 Å². The van der Waals surface area contributed by atoms with Gasteiger partial charge >= 0.3 is 6.09 Å². The highest BCUT2D eigenvalue weighted by Gasteiger charge is 2.30. The molecule has 2 fully saturated rings.